The molecule has 0 aliphatic carbocycles. The van der Waals surface area contributed by atoms with Gasteiger partial charge in [-0.05, 0) is 24.3 Å². The Balaban J connectivity index is 2.08. The van der Waals surface area contributed by atoms with E-state index >= 15 is 0 Å². The lowest BCUT2D eigenvalue weighted by atomic mass is 10.0. The molecule has 3 aromatic rings. The minimum Gasteiger partial charge on any atom is -0.487 e. The van der Waals surface area contributed by atoms with Crippen LogP contribution in [0.15, 0.2) is 36.7 Å². The van der Waals surface area contributed by atoms with Gasteiger partial charge in [-0.25, -0.2) is 9.97 Å². The number of hydrogen-bond donors (Lipinski definition) is 1. The maximum absolute atomic E-state index is 6.22. The molecule has 150 valence electrons. The lowest BCUT2D eigenvalue weighted by molar-refractivity contribution is 0.132. The summed E-state index contributed by atoms with van der Waals surface area (Å²) in [6.07, 6.45) is 6.96. The van der Waals surface area contributed by atoms with Crippen LogP contribution in [0.5, 0.6) is 11.5 Å². The molecule has 0 unspecified atom stereocenters. The second-order valence-corrected chi connectivity index (χ2v) is 6.17. The van der Waals surface area contributed by atoms with Crippen LogP contribution in [0.1, 0.15) is 5.56 Å². The number of hydrogen-bond acceptors (Lipinski definition) is 7. The molecule has 2 aromatic carbocycles. The molecule has 0 saturated heterocycles. The Morgan fingerprint density at radius 3 is 2.24 bits per heavy atom. The number of rotatable bonds is 9. The van der Waals surface area contributed by atoms with Gasteiger partial charge < -0.3 is 24.7 Å². The molecule has 0 atom stereocenters. The van der Waals surface area contributed by atoms with Crippen molar-refractivity contribution in [2.45, 2.75) is 0 Å². The summed E-state index contributed by atoms with van der Waals surface area (Å²) in [6, 6.07) is 9.13. The molecule has 1 aromatic heterocycles. The molecule has 29 heavy (non-hydrogen) atoms. The molecule has 0 bridgehead atoms. The number of fused-ring (bicyclic) bond motifs is 1. The van der Waals surface area contributed by atoms with E-state index < -0.39 is 0 Å². The van der Waals surface area contributed by atoms with Crippen LogP contribution in [0.3, 0.4) is 0 Å². The third-order valence-corrected chi connectivity index (χ3v) is 4.26. The maximum Gasteiger partial charge on any atom is 0.163 e. The van der Waals surface area contributed by atoms with Crippen molar-refractivity contribution in [1.29, 1.82) is 0 Å². The van der Waals surface area contributed by atoms with Crippen molar-refractivity contribution in [3.8, 4) is 35.1 Å². The molecule has 0 amide bonds. The molecule has 7 heteroatoms. The van der Waals surface area contributed by atoms with Crippen LogP contribution in [0.25, 0.3) is 22.2 Å². The number of nitrogen functional groups attached to an aromatic ring is 1. The fraction of sp³-hybridized carbons (Fsp3) is 0.273. The third-order valence-electron chi connectivity index (χ3n) is 4.26. The molecule has 1 heterocycles. The first-order chi connectivity index (χ1) is 14.2. The first-order valence-corrected chi connectivity index (χ1v) is 9.06. The van der Waals surface area contributed by atoms with Crippen molar-refractivity contribution in [2.24, 2.45) is 0 Å². The lowest BCUT2D eigenvalue weighted by Crippen LogP contribution is -2.09. The largest absolute Gasteiger partial charge is 0.487 e. The maximum atomic E-state index is 6.22. The van der Waals surface area contributed by atoms with Gasteiger partial charge in [0.05, 0.1) is 24.4 Å². The predicted octanol–water partition coefficient (Wildman–Crippen LogP) is 2.91. The summed E-state index contributed by atoms with van der Waals surface area (Å²) in [7, 11) is 3.24. The normalized spacial score (nSPS) is 10.7. The first-order valence-electron chi connectivity index (χ1n) is 9.06. The highest BCUT2D eigenvalue weighted by Gasteiger charge is 2.15. The van der Waals surface area contributed by atoms with E-state index in [0.717, 1.165) is 10.9 Å². The average Bonchev–Trinajstić information content (AvgIpc) is 2.74. The Labute approximate surface area is 169 Å². The molecule has 0 radical (unpaired) electrons. The van der Waals surface area contributed by atoms with Crippen LogP contribution in [0.4, 0.5) is 5.69 Å². The quantitative estimate of drug-likeness (QED) is 0.340. The Morgan fingerprint density at radius 2 is 1.62 bits per heavy atom. The fourth-order valence-electron chi connectivity index (χ4n) is 2.84. The molecule has 0 aliphatic heterocycles. The van der Waals surface area contributed by atoms with Crippen LogP contribution in [-0.4, -0.2) is 50.6 Å². The molecule has 0 saturated carbocycles. The van der Waals surface area contributed by atoms with Gasteiger partial charge in [0.25, 0.3) is 0 Å². The highest BCUT2D eigenvalue weighted by Crippen LogP contribution is 2.37. The van der Waals surface area contributed by atoms with Crippen molar-refractivity contribution in [2.75, 3.05) is 46.4 Å². The van der Waals surface area contributed by atoms with Crippen LogP contribution in [0, 0.1) is 12.3 Å². The van der Waals surface area contributed by atoms with Crippen LogP contribution >= 0.6 is 0 Å². The Morgan fingerprint density at radius 1 is 0.931 bits per heavy atom. The summed E-state index contributed by atoms with van der Waals surface area (Å²) in [6.45, 7) is 1.68. The molecule has 0 spiro atoms. The Hall–Kier alpha value is -3.34. The van der Waals surface area contributed by atoms with Gasteiger partial charge in [0.1, 0.15) is 19.5 Å². The topological polar surface area (TPSA) is 88.7 Å². The number of terminal acetylenes is 1. The van der Waals surface area contributed by atoms with Crippen molar-refractivity contribution in [3.63, 3.8) is 0 Å². The highest BCUT2D eigenvalue weighted by molar-refractivity contribution is 5.97. The summed E-state index contributed by atoms with van der Waals surface area (Å²) in [4.78, 5) is 8.83. The minimum absolute atomic E-state index is 0.380. The monoisotopic (exact) mass is 393 g/mol. The van der Waals surface area contributed by atoms with E-state index in [1.807, 2.05) is 24.3 Å². The summed E-state index contributed by atoms with van der Waals surface area (Å²) in [5, 5.41) is 0.791. The molecular weight excluding hydrogens is 370 g/mol. The first kappa shape index (κ1) is 20.4. The SMILES string of the molecule is C#Cc1ccc(-c2ncnc3cc(OCCOC)c(OCCOC)cc23)c(N)c1. The van der Waals surface area contributed by atoms with Gasteiger partial charge in [-0.3, -0.25) is 0 Å². The van der Waals surface area contributed by atoms with Crippen LogP contribution < -0.4 is 15.2 Å². The summed E-state index contributed by atoms with van der Waals surface area (Å²) in [5.41, 5.74) is 9.65. The van der Waals surface area contributed by atoms with Crippen molar-refractivity contribution in [3.05, 3.63) is 42.2 Å². The molecule has 2 N–H and O–H groups in total. The van der Waals surface area contributed by atoms with Crippen LogP contribution in [-0.2, 0) is 9.47 Å². The van der Waals surface area contributed by atoms with E-state index in [-0.39, 0.29) is 0 Å². The number of nitrogens with two attached hydrogens (primary N) is 1. The molecule has 3 rings (SSSR count). The number of benzene rings is 2. The van der Waals surface area contributed by atoms with E-state index in [1.165, 1.54) is 6.33 Å². The zero-order chi connectivity index (χ0) is 20.6. The summed E-state index contributed by atoms with van der Waals surface area (Å²) >= 11 is 0. The van der Waals surface area contributed by atoms with Gasteiger partial charge in [0.15, 0.2) is 11.5 Å². The minimum atomic E-state index is 0.380. The van der Waals surface area contributed by atoms with E-state index in [0.29, 0.717) is 60.4 Å². The summed E-state index contributed by atoms with van der Waals surface area (Å²) < 4.78 is 21.8. The summed E-state index contributed by atoms with van der Waals surface area (Å²) in [5.74, 6) is 3.73. The van der Waals surface area contributed by atoms with Gasteiger partial charge in [0, 0.05) is 42.5 Å². The number of aromatic nitrogens is 2. The standard InChI is InChI=1S/C22H23N3O4/c1-4-15-5-6-16(18(23)11-15)22-17-12-20(28-9-7-26-2)21(29-10-8-27-3)13-19(17)24-14-25-22/h1,5-6,11-14H,7-10,23H2,2-3H3. The second-order valence-electron chi connectivity index (χ2n) is 6.17. The smallest absolute Gasteiger partial charge is 0.163 e. The number of anilines is 1. The van der Waals surface area contributed by atoms with Gasteiger partial charge in [-0.1, -0.05) is 5.92 Å². The zero-order valence-electron chi connectivity index (χ0n) is 16.5. The fourth-order valence-corrected chi connectivity index (χ4v) is 2.84. The van der Waals surface area contributed by atoms with Crippen molar-refractivity contribution < 1.29 is 18.9 Å². The van der Waals surface area contributed by atoms with E-state index in [1.54, 1.807) is 20.3 Å². The van der Waals surface area contributed by atoms with E-state index in [4.69, 9.17) is 31.1 Å². The predicted molar refractivity (Wildman–Crippen MR) is 112 cm³/mol. The van der Waals surface area contributed by atoms with Crippen LogP contribution in [0.2, 0.25) is 0 Å². The third kappa shape index (κ3) is 4.74. The Bertz CT molecular complexity index is 1030. The van der Waals surface area contributed by atoms with Gasteiger partial charge in [-0.2, -0.15) is 0 Å². The second kappa shape index (κ2) is 9.73. The van der Waals surface area contributed by atoms with Crippen molar-refractivity contribution >= 4 is 16.6 Å². The number of ether oxygens (including phenoxy) is 4. The zero-order valence-corrected chi connectivity index (χ0v) is 16.5. The molecular formula is C22H23N3O4. The van der Waals surface area contributed by atoms with E-state index in [2.05, 4.69) is 15.9 Å². The lowest BCUT2D eigenvalue weighted by Gasteiger charge is -2.15. The molecule has 0 fully saturated rings. The van der Waals surface area contributed by atoms with Crippen molar-refractivity contribution in [1.82, 2.24) is 9.97 Å². The highest BCUT2D eigenvalue weighted by atomic mass is 16.5. The average molecular weight is 393 g/mol. The number of nitrogens with zero attached hydrogens (tertiary/aromatic N) is 2. The Kier molecular flexibility index (Phi) is 6.85. The van der Waals surface area contributed by atoms with Gasteiger partial charge >= 0.3 is 0 Å². The van der Waals surface area contributed by atoms with E-state index in [9.17, 15) is 0 Å². The van der Waals surface area contributed by atoms with Gasteiger partial charge in [0.2, 0.25) is 0 Å². The number of methoxy groups -OCH3 is 2. The molecule has 7 nitrogen and oxygen atoms in total. The molecule has 0 aliphatic rings. The van der Waals surface area contributed by atoms with Gasteiger partial charge in [-0.15, -0.1) is 6.42 Å².